The van der Waals surface area contributed by atoms with Gasteiger partial charge in [-0.15, -0.1) is 24.0 Å². The number of halogens is 1. The van der Waals surface area contributed by atoms with Gasteiger partial charge >= 0.3 is 0 Å². The van der Waals surface area contributed by atoms with Gasteiger partial charge in [0.2, 0.25) is 0 Å². The topological polar surface area (TPSA) is 70.6 Å². The first kappa shape index (κ1) is 19.3. The standard InChI is InChI=1S/C16H29N3O2S.HI/c1-2-17-16(19-15-6-8-22(20,21)11-15)18-7-5-14-10-12-3-4-13(14)9-12;/h12-15H,2-11H2,1H3,(H2,17,18,19);1H. The van der Waals surface area contributed by atoms with E-state index in [9.17, 15) is 8.42 Å². The van der Waals surface area contributed by atoms with Crippen LogP contribution in [0.4, 0.5) is 0 Å². The molecule has 3 aliphatic rings. The lowest BCUT2D eigenvalue weighted by Gasteiger charge is -2.21. The van der Waals surface area contributed by atoms with Gasteiger partial charge in [0, 0.05) is 19.1 Å². The van der Waals surface area contributed by atoms with Gasteiger partial charge in [0.1, 0.15) is 0 Å². The molecule has 23 heavy (non-hydrogen) atoms. The van der Waals surface area contributed by atoms with E-state index in [1.807, 2.05) is 6.92 Å². The molecule has 4 atom stereocenters. The highest BCUT2D eigenvalue weighted by Crippen LogP contribution is 2.49. The van der Waals surface area contributed by atoms with Crippen molar-refractivity contribution in [2.24, 2.45) is 22.7 Å². The van der Waals surface area contributed by atoms with Crippen LogP contribution in [0.2, 0.25) is 0 Å². The van der Waals surface area contributed by atoms with Gasteiger partial charge in [0.15, 0.2) is 15.8 Å². The molecule has 2 N–H and O–H groups in total. The van der Waals surface area contributed by atoms with Crippen LogP contribution < -0.4 is 10.6 Å². The summed E-state index contributed by atoms with van der Waals surface area (Å²) in [6.07, 6.45) is 7.61. The number of hydrogen-bond acceptors (Lipinski definition) is 3. The Hall–Kier alpha value is -0.0500. The van der Waals surface area contributed by atoms with E-state index in [0.717, 1.165) is 36.8 Å². The van der Waals surface area contributed by atoms with Crippen LogP contribution in [0.1, 0.15) is 45.4 Å². The maximum absolute atomic E-state index is 11.5. The molecule has 0 aromatic rings. The zero-order chi connectivity index (χ0) is 15.6. The van der Waals surface area contributed by atoms with Crippen molar-refractivity contribution in [3.63, 3.8) is 0 Å². The smallest absolute Gasteiger partial charge is 0.191 e. The molecule has 0 spiro atoms. The maximum atomic E-state index is 11.5. The molecule has 134 valence electrons. The van der Waals surface area contributed by atoms with Crippen molar-refractivity contribution in [1.82, 2.24) is 10.6 Å². The molecule has 1 aliphatic heterocycles. The fraction of sp³-hybridized carbons (Fsp3) is 0.938. The van der Waals surface area contributed by atoms with Crippen molar-refractivity contribution in [2.75, 3.05) is 24.6 Å². The van der Waals surface area contributed by atoms with Crippen molar-refractivity contribution < 1.29 is 8.42 Å². The number of aliphatic imine (C=N–C) groups is 1. The van der Waals surface area contributed by atoms with Crippen molar-refractivity contribution in [3.8, 4) is 0 Å². The minimum absolute atomic E-state index is 0. The van der Waals surface area contributed by atoms with Crippen molar-refractivity contribution in [3.05, 3.63) is 0 Å². The number of sulfone groups is 1. The Morgan fingerprint density at radius 1 is 1.22 bits per heavy atom. The predicted molar refractivity (Wildman–Crippen MR) is 105 cm³/mol. The largest absolute Gasteiger partial charge is 0.357 e. The molecule has 1 saturated heterocycles. The SMILES string of the molecule is CCNC(=NCCC1CC2CCC1C2)NC1CCS(=O)(=O)C1.I. The summed E-state index contributed by atoms with van der Waals surface area (Å²) in [6, 6.07) is 0.0188. The molecular formula is C16H30IN3O2S. The number of rotatable bonds is 5. The number of hydrogen-bond donors (Lipinski definition) is 2. The van der Waals surface area contributed by atoms with E-state index in [2.05, 4.69) is 15.6 Å². The molecule has 0 aromatic carbocycles. The predicted octanol–water partition coefficient (Wildman–Crippen LogP) is 2.17. The van der Waals surface area contributed by atoms with Gasteiger partial charge in [-0.2, -0.15) is 0 Å². The maximum Gasteiger partial charge on any atom is 0.191 e. The summed E-state index contributed by atoms with van der Waals surface area (Å²) in [5.74, 6) is 4.15. The second-order valence-electron chi connectivity index (χ2n) is 7.23. The Morgan fingerprint density at radius 3 is 2.61 bits per heavy atom. The van der Waals surface area contributed by atoms with Crippen molar-refractivity contribution in [1.29, 1.82) is 0 Å². The van der Waals surface area contributed by atoms with Gasteiger partial charge in [-0.1, -0.05) is 6.42 Å². The van der Waals surface area contributed by atoms with Crippen LogP contribution >= 0.6 is 24.0 Å². The molecule has 0 radical (unpaired) electrons. The molecule has 5 nitrogen and oxygen atoms in total. The first-order chi connectivity index (χ1) is 10.6. The number of nitrogens with zero attached hydrogens (tertiary/aromatic N) is 1. The van der Waals surface area contributed by atoms with Crippen molar-refractivity contribution in [2.45, 2.75) is 51.5 Å². The Balaban J connectivity index is 0.00000192. The van der Waals surface area contributed by atoms with Gasteiger partial charge < -0.3 is 10.6 Å². The first-order valence-electron chi connectivity index (χ1n) is 8.81. The van der Waals surface area contributed by atoms with Gasteiger partial charge in [-0.25, -0.2) is 8.42 Å². The van der Waals surface area contributed by atoms with Crippen LogP contribution in [0.3, 0.4) is 0 Å². The highest BCUT2D eigenvalue weighted by atomic mass is 127. The summed E-state index contributed by atoms with van der Waals surface area (Å²) in [5.41, 5.74) is 0. The third kappa shape index (κ3) is 5.21. The Kier molecular flexibility index (Phi) is 7.01. The first-order valence-corrected chi connectivity index (χ1v) is 10.6. The average molecular weight is 455 g/mol. The molecule has 3 fully saturated rings. The molecule has 7 heteroatoms. The molecule has 2 bridgehead atoms. The second kappa shape index (κ2) is 8.36. The molecule has 3 rings (SSSR count). The zero-order valence-electron chi connectivity index (χ0n) is 14.0. The monoisotopic (exact) mass is 455 g/mol. The Labute approximate surface area is 157 Å². The fourth-order valence-electron chi connectivity index (χ4n) is 4.49. The molecule has 2 aliphatic carbocycles. The lowest BCUT2D eigenvalue weighted by atomic mass is 9.86. The molecule has 2 saturated carbocycles. The van der Waals surface area contributed by atoms with E-state index in [-0.39, 0.29) is 35.8 Å². The second-order valence-corrected chi connectivity index (χ2v) is 9.46. The number of fused-ring (bicyclic) bond motifs is 2. The highest BCUT2D eigenvalue weighted by molar-refractivity contribution is 14.0. The summed E-state index contributed by atoms with van der Waals surface area (Å²) in [5, 5.41) is 6.53. The molecular weight excluding hydrogens is 425 g/mol. The van der Waals surface area contributed by atoms with E-state index >= 15 is 0 Å². The fourth-order valence-corrected chi connectivity index (χ4v) is 6.17. The molecule has 0 aromatic heterocycles. The summed E-state index contributed by atoms with van der Waals surface area (Å²) >= 11 is 0. The summed E-state index contributed by atoms with van der Waals surface area (Å²) in [7, 11) is -2.84. The number of nitrogens with one attached hydrogen (secondary N) is 2. The lowest BCUT2D eigenvalue weighted by Crippen LogP contribution is -2.44. The van der Waals surface area contributed by atoms with Gasteiger partial charge in [0.05, 0.1) is 11.5 Å². The van der Waals surface area contributed by atoms with Gasteiger partial charge in [-0.05, 0) is 56.8 Å². The van der Waals surface area contributed by atoms with Crippen molar-refractivity contribution >= 4 is 39.8 Å². The van der Waals surface area contributed by atoms with E-state index in [0.29, 0.717) is 12.2 Å². The summed E-state index contributed by atoms with van der Waals surface area (Å²) < 4.78 is 23.1. The lowest BCUT2D eigenvalue weighted by molar-refractivity contribution is 0.318. The Morgan fingerprint density at radius 2 is 2.04 bits per heavy atom. The Bertz CT molecular complexity index is 523. The summed E-state index contributed by atoms with van der Waals surface area (Å²) in [4.78, 5) is 4.67. The van der Waals surface area contributed by atoms with Gasteiger partial charge in [0.25, 0.3) is 0 Å². The van der Waals surface area contributed by atoms with Crippen LogP contribution in [0.15, 0.2) is 4.99 Å². The van der Waals surface area contributed by atoms with Crippen LogP contribution in [0, 0.1) is 17.8 Å². The van der Waals surface area contributed by atoms with Crippen LogP contribution in [0.25, 0.3) is 0 Å². The van der Waals surface area contributed by atoms with Crippen LogP contribution in [-0.2, 0) is 9.84 Å². The molecule has 0 amide bonds. The molecule has 1 heterocycles. The average Bonchev–Trinajstić information content (AvgIpc) is 3.15. The van der Waals surface area contributed by atoms with Crippen LogP contribution in [0.5, 0.6) is 0 Å². The molecule has 4 unspecified atom stereocenters. The van der Waals surface area contributed by atoms with E-state index in [1.165, 1.54) is 32.1 Å². The van der Waals surface area contributed by atoms with E-state index < -0.39 is 9.84 Å². The van der Waals surface area contributed by atoms with Crippen LogP contribution in [-0.4, -0.2) is 45.0 Å². The third-order valence-electron chi connectivity index (χ3n) is 5.57. The highest BCUT2D eigenvalue weighted by Gasteiger charge is 2.38. The van der Waals surface area contributed by atoms with E-state index in [1.54, 1.807) is 0 Å². The normalized spacial score (nSPS) is 35.1. The minimum atomic E-state index is -2.84. The van der Waals surface area contributed by atoms with E-state index in [4.69, 9.17) is 0 Å². The van der Waals surface area contributed by atoms with Gasteiger partial charge in [-0.3, -0.25) is 4.99 Å². The quantitative estimate of drug-likeness (QED) is 0.379. The zero-order valence-corrected chi connectivity index (χ0v) is 17.1. The third-order valence-corrected chi connectivity index (χ3v) is 7.34. The summed E-state index contributed by atoms with van der Waals surface area (Å²) in [6.45, 7) is 3.70. The minimum Gasteiger partial charge on any atom is -0.357 e. The number of guanidine groups is 1.